The molecule has 1 aliphatic rings. The Kier molecular flexibility index (Phi) is 6.23. The number of anilines is 1. The van der Waals surface area contributed by atoms with Gasteiger partial charge in [-0.3, -0.25) is 9.69 Å². The normalized spacial score (nSPS) is 15.2. The number of rotatable bonds is 4. The van der Waals surface area contributed by atoms with E-state index in [1.165, 1.54) is 29.3 Å². The van der Waals surface area contributed by atoms with E-state index in [-0.39, 0.29) is 16.1 Å². The molecular formula is C18H19Cl2N3OS. The number of nitrogens with one attached hydrogen (secondary N) is 1. The molecule has 2 heterocycles. The lowest BCUT2D eigenvalue weighted by molar-refractivity contribution is 0.102. The fourth-order valence-corrected chi connectivity index (χ4v) is 3.97. The number of hydrogen-bond donors (Lipinski definition) is 1. The largest absolute Gasteiger partial charge is 0.322 e. The molecule has 0 unspecified atom stereocenters. The molecule has 132 valence electrons. The van der Waals surface area contributed by atoms with E-state index < -0.39 is 0 Å². The Morgan fingerprint density at radius 2 is 2.04 bits per heavy atom. The summed E-state index contributed by atoms with van der Waals surface area (Å²) in [4.78, 5) is 18.7. The smallest absolute Gasteiger partial charge is 0.257 e. The number of aryl methyl sites for hydroxylation is 1. The van der Waals surface area contributed by atoms with Gasteiger partial charge in [-0.1, -0.05) is 35.3 Å². The van der Waals surface area contributed by atoms with E-state index in [9.17, 15) is 4.79 Å². The van der Waals surface area contributed by atoms with Gasteiger partial charge in [-0.05, 0) is 30.2 Å². The molecule has 3 rings (SSSR count). The Morgan fingerprint density at radius 1 is 1.28 bits per heavy atom. The van der Waals surface area contributed by atoms with Crippen molar-refractivity contribution in [3.05, 3.63) is 57.3 Å². The molecule has 1 aliphatic heterocycles. The first kappa shape index (κ1) is 18.5. The lowest BCUT2D eigenvalue weighted by Gasteiger charge is -2.26. The van der Waals surface area contributed by atoms with Gasteiger partial charge >= 0.3 is 0 Å². The predicted molar refractivity (Wildman–Crippen MR) is 106 cm³/mol. The summed E-state index contributed by atoms with van der Waals surface area (Å²) in [6, 6.07) is 7.67. The van der Waals surface area contributed by atoms with Gasteiger partial charge in [-0.2, -0.15) is 11.8 Å². The number of carbonyl (C=O) groups excluding carboxylic acids is 1. The zero-order valence-corrected chi connectivity index (χ0v) is 16.2. The summed E-state index contributed by atoms with van der Waals surface area (Å²) in [6.07, 6.45) is 1.42. The fraction of sp³-hybridized carbons (Fsp3) is 0.333. The quantitative estimate of drug-likeness (QED) is 0.774. The van der Waals surface area contributed by atoms with Crippen LogP contribution in [0.1, 0.15) is 21.5 Å². The summed E-state index contributed by atoms with van der Waals surface area (Å²) in [5.74, 6) is 2.14. The third-order valence-corrected chi connectivity index (χ3v) is 5.74. The lowest BCUT2D eigenvalue weighted by Crippen LogP contribution is -2.31. The number of aromatic nitrogens is 1. The second-order valence-electron chi connectivity index (χ2n) is 5.99. The van der Waals surface area contributed by atoms with Crippen molar-refractivity contribution in [3.8, 4) is 0 Å². The summed E-state index contributed by atoms with van der Waals surface area (Å²) in [5.41, 5.74) is 3.46. The molecule has 1 saturated heterocycles. The second kappa shape index (κ2) is 8.41. The lowest BCUT2D eigenvalue weighted by atomic mass is 10.1. The van der Waals surface area contributed by atoms with Crippen molar-refractivity contribution in [2.24, 2.45) is 0 Å². The minimum Gasteiger partial charge on any atom is -0.322 e. The summed E-state index contributed by atoms with van der Waals surface area (Å²) in [5, 5.41) is 3.36. The molecule has 1 aromatic carbocycles. The molecule has 0 radical (unpaired) electrons. The molecule has 0 aliphatic carbocycles. The number of thioether (sulfide) groups is 1. The molecule has 25 heavy (non-hydrogen) atoms. The Morgan fingerprint density at radius 3 is 2.72 bits per heavy atom. The molecule has 7 heteroatoms. The molecule has 4 nitrogen and oxygen atoms in total. The van der Waals surface area contributed by atoms with Crippen LogP contribution in [0.4, 0.5) is 5.69 Å². The highest BCUT2D eigenvalue weighted by molar-refractivity contribution is 7.99. The van der Waals surface area contributed by atoms with E-state index in [1.54, 1.807) is 0 Å². The third kappa shape index (κ3) is 4.88. The summed E-state index contributed by atoms with van der Waals surface area (Å²) in [7, 11) is 0. The molecule has 1 amide bonds. The van der Waals surface area contributed by atoms with Gasteiger partial charge in [-0.15, -0.1) is 0 Å². The van der Waals surface area contributed by atoms with Crippen LogP contribution in [0.25, 0.3) is 0 Å². The van der Waals surface area contributed by atoms with Gasteiger partial charge in [0.1, 0.15) is 5.15 Å². The summed E-state index contributed by atoms with van der Waals surface area (Å²) in [6.45, 7) is 5.21. The van der Waals surface area contributed by atoms with Gasteiger partial charge in [-0.25, -0.2) is 4.98 Å². The average Bonchev–Trinajstić information content (AvgIpc) is 2.60. The number of nitrogens with zero attached hydrogens (tertiary/aromatic N) is 2. The monoisotopic (exact) mass is 395 g/mol. The van der Waals surface area contributed by atoms with E-state index in [0.29, 0.717) is 5.56 Å². The van der Waals surface area contributed by atoms with E-state index in [0.717, 1.165) is 30.9 Å². The highest BCUT2D eigenvalue weighted by atomic mass is 35.5. The predicted octanol–water partition coefficient (Wildman–Crippen LogP) is 4.50. The number of pyridine rings is 1. The number of halogens is 2. The van der Waals surface area contributed by atoms with Crippen molar-refractivity contribution in [1.29, 1.82) is 0 Å². The van der Waals surface area contributed by atoms with Crippen LogP contribution >= 0.6 is 35.0 Å². The minimum absolute atomic E-state index is 0.190. The topological polar surface area (TPSA) is 45.2 Å². The molecule has 0 bridgehead atoms. The van der Waals surface area contributed by atoms with Gasteiger partial charge in [0.2, 0.25) is 0 Å². The maximum Gasteiger partial charge on any atom is 0.257 e. The molecule has 0 saturated carbocycles. The van der Waals surface area contributed by atoms with Crippen molar-refractivity contribution in [3.63, 3.8) is 0 Å². The van der Waals surface area contributed by atoms with Crippen molar-refractivity contribution in [2.75, 3.05) is 29.9 Å². The SMILES string of the molecule is Cc1cc(CN2CCSCC2)ccc1NC(=O)c1cnc(Cl)c(Cl)c1. The Hall–Kier alpha value is -1.27. The Bertz CT molecular complexity index is 779. The fourth-order valence-electron chi connectivity index (χ4n) is 2.72. The van der Waals surface area contributed by atoms with E-state index in [2.05, 4.69) is 27.3 Å². The van der Waals surface area contributed by atoms with Gasteiger partial charge < -0.3 is 5.32 Å². The number of hydrogen-bond acceptors (Lipinski definition) is 4. The molecule has 1 aromatic heterocycles. The number of amides is 1. The first-order chi connectivity index (χ1) is 12.0. The number of benzene rings is 1. The van der Waals surface area contributed by atoms with Crippen molar-refractivity contribution in [1.82, 2.24) is 9.88 Å². The second-order valence-corrected chi connectivity index (χ2v) is 7.98. The summed E-state index contributed by atoms with van der Waals surface area (Å²) >= 11 is 13.7. The zero-order valence-electron chi connectivity index (χ0n) is 13.9. The van der Waals surface area contributed by atoms with E-state index >= 15 is 0 Å². The Labute approximate surface area is 161 Å². The van der Waals surface area contributed by atoms with Crippen LogP contribution in [-0.4, -0.2) is 40.4 Å². The third-order valence-electron chi connectivity index (χ3n) is 4.11. The molecule has 1 fully saturated rings. The standard InChI is InChI=1S/C18H19Cl2N3OS/c1-12-8-13(11-23-4-6-25-7-5-23)2-3-16(12)22-18(24)14-9-15(19)17(20)21-10-14/h2-3,8-10H,4-7,11H2,1H3,(H,22,24). The maximum absolute atomic E-state index is 12.4. The van der Waals surface area contributed by atoms with Gasteiger partial charge in [0.15, 0.2) is 0 Å². The molecule has 2 aromatic rings. The van der Waals surface area contributed by atoms with Crippen LogP contribution in [0.2, 0.25) is 10.2 Å². The molecule has 0 spiro atoms. The van der Waals surface area contributed by atoms with Gasteiger partial charge in [0, 0.05) is 43.0 Å². The van der Waals surface area contributed by atoms with Crippen LogP contribution in [0, 0.1) is 6.92 Å². The van der Waals surface area contributed by atoms with Crippen molar-refractivity contribution in [2.45, 2.75) is 13.5 Å². The van der Waals surface area contributed by atoms with Gasteiger partial charge in [0.05, 0.1) is 10.6 Å². The number of carbonyl (C=O) groups is 1. The molecular weight excluding hydrogens is 377 g/mol. The van der Waals surface area contributed by atoms with Gasteiger partial charge in [0.25, 0.3) is 5.91 Å². The van der Waals surface area contributed by atoms with E-state index in [4.69, 9.17) is 23.2 Å². The first-order valence-corrected chi connectivity index (χ1v) is 9.96. The maximum atomic E-state index is 12.4. The van der Waals surface area contributed by atoms with Crippen LogP contribution in [0.15, 0.2) is 30.5 Å². The van der Waals surface area contributed by atoms with E-state index in [1.807, 2.05) is 24.8 Å². The molecule has 1 N–H and O–H groups in total. The van der Waals surface area contributed by atoms with Crippen LogP contribution < -0.4 is 5.32 Å². The van der Waals surface area contributed by atoms with Crippen LogP contribution in [0.3, 0.4) is 0 Å². The zero-order chi connectivity index (χ0) is 17.8. The van der Waals surface area contributed by atoms with Crippen molar-refractivity contribution < 1.29 is 4.79 Å². The minimum atomic E-state index is -0.255. The van der Waals surface area contributed by atoms with Crippen molar-refractivity contribution >= 4 is 46.6 Å². The van der Waals surface area contributed by atoms with Crippen LogP contribution in [-0.2, 0) is 6.54 Å². The highest BCUT2D eigenvalue weighted by Crippen LogP contribution is 2.22. The Balaban J connectivity index is 1.67. The summed E-state index contributed by atoms with van der Waals surface area (Å²) < 4.78 is 0. The average molecular weight is 396 g/mol. The molecule has 0 atom stereocenters. The van der Waals surface area contributed by atoms with Crippen LogP contribution in [0.5, 0.6) is 0 Å². The highest BCUT2D eigenvalue weighted by Gasteiger charge is 2.13. The first-order valence-electron chi connectivity index (χ1n) is 8.05.